The lowest BCUT2D eigenvalue weighted by Gasteiger charge is -1.99. The van der Waals surface area contributed by atoms with E-state index in [1.807, 2.05) is 54.1 Å². The third-order valence-corrected chi connectivity index (χ3v) is 5.72. The second-order valence-corrected chi connectivity index (χ2v) is 8.18. The quantitative estimate of drug-likeness (QED) is 0.317. The van der Waals surface area contributed by atoms with Gasteiger partial charge in [-0.2, -0.15) is 10.3 Å². The van der Waals surface area contributed by atoms with Gasteiger partial charge in [-0.1, -0.05) is 59.7 Å². The van der Waals surface area contributed by atoms with Gasteiger partial charge in [0.05, 0.1) is 11.4 Å². The number of aromatic nitrogens is 2. The molecule has 0 saturated carbocycles. The van der Waals surface area contributed by atoms with E-state index in [4.69, 9.17) is 0 Å². The molecule has 4 rings (SSSR count). The zero-order chi connectivity index (χ0) is 20.2. The van der Waals surface area contributed by atoms with E-state index in [-0.39, 0.29) is 5.84 Å². The van der Waals surface area contributed by atoms with Crippen LogP contribution in [-0.2, 0) is 0 Å². The topological polar surface area (TPSA) is 74.0 Å². The zero-order valence-corrected chi connectivity index (χ0v) is 17.5. The van der Waals surface area contributed by atoms with Crippen LogP contribution in [0.15, 0.2) is 64.3 Å². The van der Waals surface area contributed by atoms with Crippen molar-refractivity contribution in [2.75, 3.05) is 5.32 Å². The molecular weight excluding hydrogens is 398 g/mol. The van der Waals surface area contributed by atoms with Crippen molar-refractivity contribution in [3.8, 4) is 28.6 Å². The van der Waals surface area contributed by atoms with Crippen LogP contribution < -0.4 is 5.32 Å². The smallest absolute Gasteiger partial charge is 0.214 e. The zero-order valence-electron chi connectivity index (χ0n) is 15.9. The lowest BCUT2D eigenvalue weighted by Crippen LogP contribution is -2.08. The number of amidine groups is 1. The summed E-state index contributed by atoms with van der Waals surface area (Å²) in [6.45, 7) is 4.10. The number of aliphatic imine (C=N–C) groups is 1. The van der Waals surface area contributed by atoms with Crippen molar-refractivity contribution in [3.05, 3.63) is 70.4 Å². The summed E-state index contributed by atoms with van der Waals surface area (Å²) >= 11 is 2.83. The summed E-state index contributed by atoms with van der Waals surface area (Å²) < 4.78 is 0. The Hall–Kier alpha value is -3.34. The first-order valence-electron chi connectivity index (χ1n) is 8.91. The summed E-state index contributed by atoms with van der Waals surface area (Å²) in [5, 5.41) is 17.5. The molecule has 1 N–H and O–H groups in total. The van der Waals surface area contributed by atoms with Crippen LogP contribution in [0.3, 0.4) is 0 Å². The number of rotatable bonds is 4. The molecular formula is C22H17N5S2. The molecule has 0 aliphatic carbocycles. The monoisotopic (exact) mass is 415 g/mol. The van der Waals surface area contributed by atoms with Gasteiger partial charge in [0.15, 0.2) is 5.13 Å². The van der Waals surface area contributed by atoms with E-state index in [2.05, 4.69) is 45.4 Å². The van der Waals surface area contributed by atoms with Crippen LogP contribution in [-0.4, -0.2) is 15.8 Å². The molecule has 7 heteroatoms. The lowest BCUT2D eigenvalue weighted by molar-refractivity contribution is 1.34. The van der Waals surface area contributed by atoms with Gasteiger partial charge in [-0.25, -0.2) is 9.97 Å². The van der Waals surface area contributed by atoms with Crippen molar-refractivity contribution < 1.29 is 0 Å². The van der Waals surface area contributed by atoms with Crippen molar-refractivity contribution in [2.24, 2.45) is 4.99 Å². The van der Waals surface area contributed by atoms with E-state index >= 15 is 0 Å². The maximum Gasteiger partial charge on any atom is 0.214 e. The van der Waals surface area contributed by atoms with Crippen LogP contribution in [0, 0.1) is 25.2 Å². The van der Waals surface area contributed by atoms with Gasteiger partial charge in [-0.05, 0) is 13.8 Å². The summed E-state index contributed by atoms with van der Waals surface area (Å²) in [5.41, 5.74) is 6.19. The van der Waals surface area contributed by atoms with Crippen molar-refractivity contribution >= 4 is 38.8 Å². The maximum atomic E-state index is 9.47. The molecule has 29 heavy (non-hydrogen) atoms. The minimum Gasteiger partial charge on any atom is -0.307 e. The summed E-state index contributed by atoms with van der Waals surface area (Å²) in [6.07, 6.45) is 0. The number of hydrogen-bond acceptors (Lipinski definition) is 6. The SMILES string of the molecule is Cc1ccc(-c2csc(/N=C(\C#N)Nc3nc(-c4ccc(C)cc4)cs3)n2)cc1. The normalized spacial score (nSPS) is 11.3. The Balaban J connectivity index is 1.51. The highest BCUT2D eigenvalue weighted by Gasteiger charge is 2.09. The first-order chi connectivity index (χ1) is 14.1. The summed E-state index contributed by atoms with van der Waals surface area (Å²) in [4.78, 5) is 13.4. The number of hydrogen-bond donors (Lipinski definition) is 1. The van der Waals surface area contributed by atoms with Crippen molar-refractivity contribution in [2.45, 2.75) is 13.8 Å². The summed E-state index contributed by atoms with van der Waals surface area (Å²) in [5.74, 6) is 0.166. The van der Waals surface area contributed by atoms with Gasteiger partial charge < -0.3 is 5.32 Å². The number of thiazole rings is 2. The molecule has 0 bridgehead atoms. The third kappa shape index (κ3) is 4.57. The highest BCUT2D eigenvalue weighted by Crippen LogP contribution is 2.28. The molecule has 0 saturated heterocycles. The van der Waals surface area contributed by atoms with E-state index in [9.17, 15) is 5.26 Å². The molecule has 0 aliphatic heterocycles. The maximum absolute atomic E-state index is 9.47. The Morgan fingerprint density at radius 3 is 2.00 bits per heavy atom. The van der Waals surface area contributed by atoms with Gasteiger partial charge in [0, 0.05) is 21.9 Å². The number of aryl methyl sites for hydroxylation is 2. The molecule has 2 aromatic heterocycles. The van der Waals surface area contributed by atoms with Gasteiger partial charge in [0.1, 0.15) is 6.07 Å². The summed E-state index contributed by atoms with van der Waals surface area (Å²) in [6, 6.07) is 18.4. The van der Waals surface area contributed by atoms with Crippen LogP contribution in [0.5, 0.6) is 0 Å². The second-order valence-electron chi connectivity index (χ2n) is 6.48. The lowest BCUT2D eigenvalue weighted by atomic mass is 10.1. The number of anilines is 1. The first-order valence-corrected chi connectivity index (χ1v) is 10.7. The Bertz CT molecular complexity index is 1200. The fourth-order valence-corrected chi connectivity index (χ4v) is 4.06. The number of nitrogens with zero attached hydrogens (tertiary/aromatic N) is 4. The minimum absolute atomic E-state index is 0.166. The van der Waals surface area contributed by atoms with Crippen LogP contribution >= 0.6 is 22.7 Å². The fraction of sp³-hybridized carbons (Fsp3) is 0.0909. The summed E-state index contributed by atoms with van der Waals surface area (Å²) in [7, 11) is 0. The largest absolute Gasteiger partial charge is 0.307 e. The molecule has 0 radical (unpaired) electrons. The second kappa shape index (κ2) is 8.35. The van der Waals surface area contributed by atoms with Crippen LogP contribution in [0.25, 0.3) is 22.5 Å². The van der Waals surface area contributed by atoms with Gasteiger partial charge >= 0.3 is 0 Å². The van der Waals surface area contributed by atoms with Crippen molar-refractivity contribution in [1.82, 2.24) is 9.97 Å². The molecule has 4 aromatic rings. The molecule has 2 heterocycles. The average Bonchev–Trinajstić information content (AvgIpc) is 3.38. The minimum atomic E-state index is 0.166. The van der Waals surface area contributed by atoms with Crippen molar-refractivity contribution in [1.29, 1.82) is 5.26 Å². The first kappa shape index (κ1) is 19.0. The molecule has 2 aromatic carbocycles. The predicted molar refractivity (Wildman–Crippen MR) is 121 cm³/mol. The van der Waals surface area contributed by atoms with Gasteiger partial charge in [-0.3, -0.25) is 0 Å². The van der Waals surface area contributed by atoms with Crippen molar-refractivity contribution in [3.63, 3.8) is 0 Å². The molecule has 0 unspecified atom stereocenters. The highest BCUT2D eigenvalue weighted by atomic mass is 32.1. The highest BCUT2D eigenvalue weighted by molar-refractivity contribution is 7.14. The molecule has 0 fully saturated rings. The molecule has 0 atom stereocenters. The molecule has 0 amide bonds. The number of nitrogens with one attached hydrogen (secondary N) is 1. The number of benzene rings is 2. The Labute approximate surface area is 177 Å². The molecule has 0 aliphatic rings. The standard InChI is InChI=1S/C22H17N5S2/c1-14-3-7-16(8-4-14)18-12-28-21(24-18)26-20(11-23)27-22-25-19(13-29-22)17-9-5-15(2)6-10-17/h3-10,12-13H,1-2H3,(H,24,25,26,27). The van der Waals surface area contributed by atoms with Gasteiger partial charge in [-0.15, -0.1) is 22.7 Å². The Morgan fingerprint density at radius 2 is 1.41 bits per heavy atom. The van der Waals surface area contributed by atoms with Gasteiger partial charge in [0.2, 0.25) is 11.0 Å². The van der Waals surface area contributed by atoms with E-state index in [0.717, 1.165) is 22.5 Å². The molecule has 5 nitrogen and oxygen atoms in total. The van der Waals surface area contributed by atoms with Crippen LogP contribution in [0.4, 0.5) is 10.3 Å². The van der Waals surface area contributed by atoms with E-state index in [1.54, 1.807) is 0 Å². The molecule has 0 spiro atoms. The number of nitriles is 1. The van der Waals surface area contributed by atoms with Gasteiger partial charge in [0.25, 0.3) is 0 Å². The molecule has 142 valence electrons. The predicted octanol–water partition coefficient (Wildman–Crippen LogP) is 6.22. The van der Waals surface area contributed by atoms with E-state index in [0.29, 0.717) is 10.3 Å². The third-order valence-electron chi connectivity index (χ3n) is 4.23. The van der Waals surface area contributed by atoms with E-state index in [1.165, 1.54) is 33.8 Å². The Morgan fingerprint density at radius 1 is 0.862 bits per heavy atom. The average molecular weight is 416 g/mol. The van der Waals surface area contributed by atoms with E-state index < -0.39 is 0 Å². The van der Waals surface area contributed by atoms with Crippen LogP contribution in [0.2, 0.25) is 0 Å². The van der Waals surface area contributed by atoms with Crippen LogP contribution in [0.1, 0.15) is 11.1 Å². The Kier molecular flexibility index (Phi) is 5.47. The fourth-order valence-electron chi connectivity index (χ4n) is 2.64.